The highest BCUT2D eigenvalue weighted by atomic mass is 16.7. The second-order valence-electron chi connectivity index (χ2n) is 12.7. The molecule has 38 heavy (non-hydrogen) atoms. The van der Waals surface area contributed by atoms with Gasteiger partial charge in [-0.25, -0.2) is 0 Å². The molecule has 1 saturated heterocycles. The van der Waals surface area contributed by atoms with E-state index in [4.69, 9.17) is 9.47 Å². The summed E-state index contributed by atoms with van der Waals surface area (Å²) in [6.07, 6.45) is 11.6. The molecule has 2 fully saturated rings. The first-order valence-electron chi connectivity index (χ1n) is 14.0. The summed E-state index contributed by atoms with van der Waals surface area (Å²) < 4.78 is 12.1. The van der Waals surface area contributed by atoms with Crippen LogP contribution < -0.4 is 0 Å². The Bertz CT molecular complexity index is 1010. The fourth-order valence-corrected chi connectivity index (χ4v) is 6.57. The Kier molecular flexibility index (Phi) is 9.02. The maximum atomic E-state index is 10.7. The number of H-pyrrole nitrogens is 1. The van der Waals surface area contributed by atoms with Crippen LogP contribution in [0, 0.1) is 17.3 Å². The average Bonchev–Trinajstić information content (AvgIpc) is 3.30. The summed E-state index contributed by atoms with van der Waals surface area (Å²) >= 11 is 0. The van der Waals surface area contributed by atoms with E-state index in [0.29, 0.717) is 13.0 Å². The zero-order chi connectivity index (χ0) is 27.6. The molecule has 8 heteroatoms. The molecule has 212 valence electrons. The Morgan fingerprint density at radius 1 is 1.16 bits per heavy atom. The molecule has 3 heterocycles. The van der Waals surface area contributed by atoms with Crippen molar-refractivity contribution in [3.05, 3.63) is 47.4 Å². The molecule has 1 aromatic rings. The molecule has 0 aromatic carbocycles. The van der Waals surface area contributed by atoms with Gasteiger partial charge in [-0.3, -0.25) is 4.99 Å². The Labute approximate surface area is 226 Å². The maximum Gasteiger partial charge on any atom is 0.181 e. The number of allylic oxidation sites excluding steroid dienone is 3. The van der Waals surface area contributed by atoms with Crippen LogP contribution in [0.5, 0.6) is 0 Å². The van der Waals surface area contributed by atoms with Gasteiger partial charge in [0.05, 0.1) is 49.0 Å². The number of aromatic nitrogens is 1. The first kappa shape index (κ1) is 29.2. The van der Waals surface area contributed by atoms with Crippen LogP contribution in [0.4, 0.5) is 0 Å². The van der Waals surface area contributed by atoms with Crippen molar-refractivity contribution in [3.8, 4) is 0 Å². The SMILES string of the molecule is CC(C)(CCCC1OC2(O)C(CO)C(O)C(O)C12)CC(C)(C)OCC1=CC=C(CCc2ccc[nH]2)N=CC1. The predicted molar refractivity (Wildman–Crippen MR) is 147 cm³/mol. The lowest BCUT2D eigenvalue weighted by Gasteiger charge is -2.50. The van der Waals surface area contributed by atoms with Gasteiger partial charge < -0.3 is 34.9 Å². The van der Waals surface area contributed by atoms with Gasteiger partial charge in [0.25, 0.3) is 0 Å². The number of aryl methyl sites for hydroxylation is 1. The van der Waals surface area contributed by atoms with Gasteiger partial charge in [-0.05, 0) is 75.1 Å². The molecule has 3 aliphatic rings. The predicted octanol–water partition coefficient (Wildman–Crippen LogP) is 3.66. The lowest BCUT2D eigenvalue weighted by atomic mass is 9.76. The number of fused-ring (bicyclic) bond motifs is 1. The first-order valence-corrected chi connectivity index (χ1v) is 14.0. The summed E-state index contributed by atoms with van der Waals surface area (Å²) in [5, 5.41) is 40.7. The van der Waals surface area contributed by atoms with Crippen LogP contribution in [0.2, 0.25) is 0 Å². The zero-order valence-corrected chi connectivity index (χ0v) is 23.3. The van der Waals surface area contributed by atoms with Gasteiger partial charge >= 0.3 is 0 Å². The number of hydrogen-bond acceptors (Lipinski definition) is 7. The molecule has 8 nitrogen and oxygen atoms in total. The Morgan fingerprint density at radius 3 is 2.66 bits per heavy atom. The van der Waals surface area contributed by atoms with Gasteiger partial charge in [0.1, 0.15) is 0 Å². The van der Waals surface area contributed by atoms with E-state index in [-0.39, 0.29) is 17.1 Å². The molecule has 2 aliphatic heterocycles. The molecule has 0 bridgehead atoms. The van der Waals surface area contributed by atoms with Crippen molar-refractivity contribution in [2.75, 3.05) is 13.2 Å². The van der Waals surface area contributed by atoms with Crippen molar-refractivity contribution in [1.82, 2.24) is 4.98 Å². The highest BCUT2D eigenvalue weighted by Gasteiger charge is 2.69. The fraction of sp³-hybridized carbons (Fsp3) is 0.700. The molecular formula is C30H46N2O6. The lowest BCUT2D eigenvalue weighted by molar-refractivity contribution is -0.381. The van der Waals surface area contributed by atoms with Crippen molar-refractivity contribution < 1.29 is 29.9 Å². The largest absolute Gasteiger partial charge is 0.396 e. The van der Waals surface area contributed by atoms with Gasteiger partial charge in [-0.1, -0.05) is 26.3 Å². The molecule has 4 rings (SSSR count). The number of aliphatic imine (C=N–C) groups is 1. The van der Waals surface area contributed by atoms with Crippen molar-refractivity contribution in [1.29, 1.82) is 0 Å². The van der Waals surface area contributed by atoms with E-state index in [1.807, 2.05) is 18.5 Å². The van der Waals surface area contributed by atoms with Crippen LogP contribution in [0.1, 0.15) is 71.9 Å². The molecule has 1 aliphatic carbocycles. The molecule has 0 radical (unpaired) electrons. The standard InChI is InChI=1S/C30H46N2O6/c1-28(2,14-5-8-24-25-27(35)26(34)23(17-33)30(25,36)38-24)19-29(3,4)37-18-20-9-10-22(32-16-13-20)12-11-21-7-6-15-31-21/h6-7,9-10,15-16,23-27,31,33-36H,5,8,11-14,17-19H2,1-4H3. The van der Waals surface area contributed by atoms with E-state index in [1.54, 1.807) is 0 Å². The van der Waals surface area contributed by atoms with Crippen molar-refractivity contribution >= 4 is 6.21 Å². The number of nitrogens with one attached hydrogen (secondary N) is 1. The van der Waals surface area contributed by atoms with Crippen molar-refractivity contribution in [2.45, 2.75) is 102 Å². The zero-order valence-electron chi connectivity index (χ0n) is 23.3. The number of hydrogen-bond donors (Lipinski definition) is 5. The molecule has 6 unspecified atom stereocenters. The molecule has 5 N–H and O–H groups in total. The molecule has 1 saturated carbocycles. The Morgan fingerprint density at radius 2 is 1.95 bits per heavy atom. The lowest BCUT2D eigenvalue weighted by Crippen LogP contribution is -2.62. The first-order chi connectivity index (χ1) is 17.9. The summed E-state index contributed by atoms with van der Waals surface area (Å²) in [5.74, 6) is -3.05. The summed E-state index contributed by atoms with van der Waals surface area (Å²) in [7, 11) is 0. The van der Waals surface area contributed by atoms with Gasteiger partial charge in [-0.15, -0.1) is 0 Å². The summed E-state index contributed by atoms with van der Waals surface area (Å²) in [6, 6.07) is 4.11. The van der Waals surface area contributed by atoms with Gasteiger partial charge in [0.15, 0.2) is 5.79 Å². The number of nitrogens with zero attached hydrogens (tertiary/aromatic N) is 1. The summed E-state index contributed by atoms with van der Waals surface area (Å²) in [4.78, 5) is 7.86. The van der Waals surface area contributed by atoms with Crippen LogP contribution >= 0.6 is 0 Å². The topological polar surface area (TPSA) is 128 Å². The van der Waals surface area contributed by atoms with Crippen LogP contribution in [0.25, 0.3) is 0 Å². The minimum absolute atomic E-state index is 0.0230. The quantitative estimate of drug-likeness (QED) is 0.265. The fourth-order valence-electron chi connectivity index (χ4n) is 6.57. The van der Waals surface area contributed by atoms with Crippen LogP contribution in [-0.2, 0) is 15.9 Å². The smallest absolute Gasteiger partial charge is 0.181 e. The molecular weight excluding hydrogens is 484 g/mol. The third kappa shape index (κ3) is 6.66. The number of aliphatic hydroxyl groups excluding tert-OH is 3. The third-order valence-electron chi connectivity index (χ3n) is 8.41. The highest BCUT2D eigenvalue weighted by Crippen LogP contribution is 2.54. The molecule has 0 amide bonds. The second-order valence-corrected chi connectivity index (χ2v) is 12.7. The molecule has 0 spiro atoms. The van der Waals surface area contributed by atoms with Crippen molar-refractivity contribution in [2.24, 2.45) is 22.2 Å². The Balaban J connectivity index is 1.20. The summed E-state index contributed by atoms with van der Waals surface area (Å²) in [5.41, 5.74) is 3.23. The van der Waals surface area contributed by atoms with Crippen LogP contribution in [0.3, 0.4) is 0 Å². The number of rotatable bonds is 13. The highest BCUT2D eigenvalue weighted by molar-refractivity contribution is 5.64. The van der Waals surface area contributed by atoms with E-state index in [9.17, 15) is 20.4 Å². The maximum absolute atomic E-state index is 10.7. The second kappa shape index (κ2) is 11.7. The van der Waals surface area contributed by atoms with Gasteiger partial charge in [0, 0.05) is 30.2 Å². The normalized spacial score (nSPS) is 31.4. The van der Waals surface area contributed by atoms with E-state index < -0.39 is 36.4 Å². The van der Waals surface area contributed by atoms with E-state index >= 15 is 0 Å². The van der Waals surface area contributed by atoms with E-state index in [2.05, 4.69) is 55.9 Å². The minimum Gasteiger partial charge on any atom is -0.396 e. The average molecular weight is 531 g/mol. The van der Waals surface area contributed by atoms with Crippen LogP contribution in [-0.4, -0.2) is 74.5 Å². The molecule has 1 aromatic heterocycles. The number of ether oxygens (including phenoxy) is 2. The monoisotopic (exact) mass is 530 g/mol. The van der Waals surface area contributed by atoms with Gasteiger partial charge in [0.2, 0.25) is 0 Å². The molecule has 6 atom stereocenters. The minimum atomic E-state index is -1.63. The number of aliphatic hydroxyl groups is 4. The summed E-state index contributed by atoms with van der Waals surface area (Å²) in [6.45, 7) is 8.90. The van der Waals surface area contributed by atoms with E-state index in [1.165, 1.54) is 11.3 Å². The Hall–Kier alpha value is -1.81. The number of aromatic amines is 1. The van der Waals surface area contributed by atoms with E-state index in [0.717, 1.165) is 44.2 Å². The van der Waals surface area contributed by atoms with Crippen molar-refractivity contribution in [3.63, 3.8) is 0 Å². The van der Waals surface area contributed by atoms with Gasteiger partial charge in [-0.2, -0.15) is 0 Å². The van der Waals surface area contributed by atoms with Crippen LogP contribution in [0.15, 0.2) is 46.7 Å². The third-order valence-corrected chi connectivity index (χ3v) is 8.41.